The van der Waals surface area contributed by atoms with Gasteiger partial charge in [0.25, 0.3) is 0 Å². The summed E-state index contributed by atoms with van der Waals surface area (Å²) >= 11 is 5.69. The molecule has 0 amide bonds. The Labute approximate surface area is 114 Å². The van der Waals surface area contributed by atoms with E-state index in [4.69, 9.17) is 27.1 Å². The number of aliphatic hydroxyl groups excluding tert-OH is 1. The molecule has 1 aromatic carbocycles. The van der Waals surface area contributed by atoms with Crippen LogP contribution in [0.2, 0.25) is 5.02 Å². The van der Waals surface area contributed by atoms with Crippen molar-refractivity contribution in [2.75, 3.05) is 6.54 Å². The molecule has 0 saturated heterocycles. The lowest BCUT2D eigenvalue weighted by Gasteiger charge is -2.09. The SMILES string of the molecule is N#Cc1ccc(S(=O)(=O)NC[C@H](O)C(=O)O)cc1Cl. The fraction of sp³-hybridized carbons (Fsp3) is 0.200. The molecule has 19 heavy (non-hydrogen) atoms. The van der Waals surface area contributed by atoms with Crippen molar-refractivity contribution in [1.82, 2.24) is 4.72 Å². The molecule has 9 heteroatoms. The van der Waals surface area contributed by atoms with E-state index in [-0.39, 0.29) is 15.5 Å². The van der Waals surface area contributed by atoms with Gasteiger partial charge in [-0.05, 0) is 18.2 Å². The molecule has 1 atom stereocenters. The van der Waals surface area contributed by atoms with Crippen molar-refractivity contribution in [1.29, 1.82) is 5.26 Å². The first-order valence-electron chi connectivity index (χ1n) is 4.88. The van der Waals surface area contributed by atoms with Crippen molar-refractivity contribution >= 4 is 27.6 Å². The second-order valence-electron chi connectivity index (χ2n) is 3.46. The van der Waals surface area contributed by atoms with Gasteiger partial charge in [-0.1, -0.05) is 11.6 Å². The maximum absolute atomic E-state index is 11.8. The van der Waals surface area contributed by atoms with Gasteiger partial charge < -0.3 is 10.2 Å². The van der Waals surface area contributed by atoms with Gasteiger partial charge in [0.1, 0.15) is 6.07 Å². The van der Waals surface area contributed by atoms with Gasteiger partial charge in [0.2, 0.25) is 10.0 Å². The third-order valence-electron chi connectivity index (χ3n) is 2.12. The van der Waals surface area contributed by atoms with E-state index >= 15 is 0 Å². The van der Waals surface area contributed by atoms with Gasteiger partial charge in [-0.25, -0.2) is 17.9 Å². The number of nitriles is 1. The third-order valence-corrected chi connectivity index (χ3v) is 3.86. The molecule has 0 bridgehead atoms. The molecule has 0 saturated carbocycles. The van der Waals surface area contributed by atoms with Crippen LogP contribution >= 0.6 is 11.6 Å². The number of rotatable bonds is 5. The average Bonchev–Trinajstić information content (AvgIpc) is 2.35. The fourth-order valence-electron chi connectivity index (χ4n) is 1.11. The number of nitrogens with zero attached hydrogens (tertiary/aromatic N) is 1. The second-order valence-corrected chi connectivity index (χ2v) is 5.63. The molecule has 0 aliphatic carbocycles. The van der Waals surface area contributed by atoms with E-state index < -0.39 is 28.6 Å². The average molecular weight is 305 g/mol. The van der Waals surface area contributed by atoms with Crippen molar-refractivity contribution in [2.24, 2.45) is 0 Å². The van der Waals surface area contributed by atoms with E-state index in [1.165, 1.54) is 6.07 Å². The van der Waals surface area contributed by atoms with Crippen LogP contribution < -0.4 is 4.72 Å². The molecule has 102 valence electrons. The van der Waals surface area contributed by atoms with Gasteiger partial charge in [0, 0.05) is 6.54 Å². The Kier molecular flexibility index (Phi) is 4.85. The minimum absolute atomic E-state index is 0.0378. The highest BCUT2D eigenvalue weighted by Crippen LogP contribution is 2.19. The number of nitrogens with one attached hydrogen (secondary N) is 1. The number of hydrogen-bond donors (Lipinski definition) is 3. The van der Waals surface area contributed by atoms with Gasteiger partial charge >= 0.3 is 5.97 Å². The molecule has 0 heterocycles. The van der Waals surface area contributed by atoms with Crippen LogP contribution in [0.3, 0.4) is 0 Å². The van der Waals surface area contributed by atoms with Crippen LogP contribution in [0.15, 0.2) is 23.1 Å². The lowest BCUT2D eigenvalue weighted by atomic mass is 10.2. The van der Waals surface area contributed by atoms with Gasteiger partial charge in [-0.15, -0.1) is 0 Å². The number of benzene rings is 1. The minimum Gasteiger partial charge on any atom is -0.479 e. The van der Waals surface area contributed by atoms with E-state index in [0.29, 0.717) is 0 Å². The summed E-state index contributed by atoms with van der Waals surface area (Å²) in [4.78, 5) is 10.1. The number of sulfonamides is 1. The lowest BCUT2D eigenvalue weighted by molar-refractivity contribution is -0.146. The van der Waals surface area contributed by atoms with Crippen LogP contribution in [0.5, 0.6) is 0 Å². The van der Waals surface area contributed by atoms with E-state index in [0.717, 1.165) is 12.1 Å². The molecule has 1 rings (SSSR count). The van der Waals surface area contributed by atoms with Crippen LogP contribution in [-0.2, 0) is 14.8 Å². The number of aliphatic carboxylic acids is 1. The van der Waals surface area contributed by atoms with E-state index in [1.54, 1.807) is 6.07 Å². The highest BCUT2D eigenvalue weighted by atomic mass is 35.5. The predicted molar refractivity (Wildman–Crippen MR) is 65.0 cm³/mol. The van der Waals surface area contributed by atoms with Crippen LogP contribution in [0.1, 0.15) is 5.56 Å². The second kappa shape index (κ2) is 5.99. The van der Waals surface area contributed by atoms with Crippen molar-refractivity contribution in [2.45, 2.75) is 11.0 Å². The third kappa shape index (κ3) is 3.90. The summed E-state index contributed by atoms with van der Waals surface area (Å²) in [5, 5.41) is 26.0. The first-order valence-corrected chi connectivity index (χ1v) is 6.74. The highest BCUT2D eigenvalue weighted by Gasteiger charge is 2.20. The van der Waals surface area contributed by atoms with Gasteiger partial charge in [0.15, 0.2) is 6.10 Å². The Morgan fingerprint density at radius 3 is 2.63 bits per heavy atom. The number of halogens is 1. The molecular weight excluding hydrogens is 296 g/mol. The van der Waals surface area contributed by atoms with Crippen molar-refractivity contribution < 1.29 is 23.4 Å². The van der Waals surface area contributed by atoms with E-state index in [2.05, 4.69) is 0 Å². The molecule has 0 radical (unpaired) electrons. The fourth-order valence-corrected chi connectivity index (χ4v) is 2.46. The number of carboxylic acids is 1. The highest BCUT2D eigenvalue weighted by molar-refractivity contribution is 7.89. The number of carboxylic acid groups (broad SMARTS) is 1. The summed E-state index contributed by atoms with van der Waals surface area (Å²) in [5.41, 5.74) is 0.117. The monoisotopic (exact) mass is 304 g/mol. The Balaban J connectivity index is 2.93. The molecule has 1 aromatic rings. The summed E-state index contributed by atoms with van der Waals surface area (Å²) in [6.07, 6.45) is -1.84. The smallest absolute Gasteiger partial charge is 0.333 e. The molecule has 7 nitrogen and oxygen atoms in total. The molecule has 0 aromatic heterocycles. The summed E-state index contributed by atoms with van der Waals surface area (Å²) in [6.45, 7) is -0.671. The van der Waals surface area contributed by atoms with Crippen molar-refractivity contribution in [3.63, 3.8) is 0 Å². The summed E-state index contributed by atoms with van der Waals surface area (Å²) in [5.74, 6) is -1.54. The summed E-state index contributed by atoms with van der Waals surface area (Å²) < 4.78 is 25.4. The molecular formula is C10H9ClN2O5S. The van der Waals surface area contributed by atoms with Crippen molar-refractivity contribution in [3.8, 4) is 6.07 Å². The molecule has 0 aliphatic rings. The maximum Gasteiger partial charge on any atom is 0.333 e. The normalized spacial score (nSPS) is 12.7. The topological polar surface area (TPSA) is 127 Å². The zero-order chi connectivity index (χ0) is 14.6. The van der Waals surface area contributed by atoms with Crippen LogP contribution in [-0.4, -0.2) is 37.2 Å². The van der Waals surface area contributed by atoms with Gasteiger partial charge in [0.05, 0.1) is 15.5 Å². The minimum atomic E-state index is -4.00. The first kappa shape index (κ1) is 15.4. The maximum atomic E-state index is 11.8. The van der Waals surface area contributed by atoms with Gasteiger partial charge in [-0.3, -0.25) is 0 Å². The Morgan fingerprint density at radius 2 is 2.16 bits per heavy atom. The van der Waals surface area contributed by atoms with E-state index in [9.17, 15) is 13.2 Å². The zero-order valence-electron chi connectivity index (χ0n) is 9.37. The van der Waals surface area contributed by atoms with Crippen molar-refractivity contribution in [3.05, 3.63) is 28.8 Å². The predicted octanol–water partition coefficient (Wildman–Crippen LogP) is -0.0645. The first-order chi connectivity index (χ1) is 8.77. The Bertz CT molecular complexity index is 638. The molecule has 0 spiro atoms. The number of carbonyl (C=O) groups is 1. The quantitative estimate of drug-likeness (QED) is 0.699. The zero-order valence-corrected chi connectivity index (χ0v) is 10.9. The Hall–Kier alpha value is -1.66. The van der Waals surface area contributed by atoms with Crippen LogP contribution in [0.25, 0.3) is 0 Å². The molecule has 3 N–H and O–H groups in total. The summed E-state index contributed by atoms with van der Waals surface area (Å²) in [6, 6.07) is 5.22. The molecule has 0 fully saturated rings. The van der Waals surface area contributed by atoms with E-state index in [1.807, 2.05) is 4.72 Å². The molecule has 0 aliphatic heterocycles. The molecule has 0 unspecified atom stereocenters. The van der Waals surface area contributed by atoms with Gasteiger partial charge in [-0.2, -0.15) is 5.26 Å². The largest absolute Gasteiger partial charge is 0.479 e. The number of hydrogen-bond acceptors (Lipinski definition) is 5. The standard InChI is InChI=1S/C10H9ClN2O5S/c11-8-3-7(2-1-6(8)4-12)19(17,18)13-5-9(14)10(15)16/h1-3,9,13-14H,5H2,(H,15,16)/t9-/m0/s1. The van der Waals surface area contributed by atoms with Crippen LogP contribution in [0.4, 0.5) is 0 Å². The number of aliphatic hydroxyl groups is 1. The Morgan fingerprint density at radius 1 is 1.53 bits per heavy atom. The van der Waals surface area contributed by atoms with Crippen LogP contribution in [0, 0.1) is 11.3 Å². The lowest BCUT2D eigenvalue weighted by Crippen LogP contribution is -2.36. The summed E-state index contributed by atoms with van der Waals surface area (Å²) in [7, 11) is -4.00.